The van der Waals surface area contributed by atoms with Crippen molar-refractivity contribution >= 4 is 17.8 Å². The Labute approximate surface area is 213 Å². The zero-order valence-corrected chi connectivity index (χ0v) is 21.9. The molecule has 0 unspecified atom stereocenters. The number of pyridine rings is 1. The first-order valence-electron chi connectivity index (χ1n) is 12.1. The molecule has 1 aromatic carbocycles. The number of nitrogens with one attached hydrogen (secondary N) is 3. The van der Waals surface area contributed by atoms with Gasteiger partial charge in [0.2, 0.25) is 6.41 Å². The number of benzene rings is 1. The molecule has 0 atom stereocenters. The van der Waals surface area contributed by atoms with Crippen LogP contribution in [-0.2, 0) is 18.4 Å². The highest BCUT2D eigenvalue weighted by atomic mass is 16.1. The van der Waals surface area contributed by atoms with E-state index in [1.54, 1.807) is 12.4 Å². The lowest BCUT2D eigenvalue weighted by molar-refractivity contribution is -0.109. The number of aromatic nitrogens is 3. The molecule has 0 radical (unpaired) electrons. The minimum Gasteiger partial charge on any atom is -0.402 e. The van der Waals surface area contributed by atoms with Gasteiger partial charge in [-0.1, -0.05) is 19.9 Å². The van der Waals surface area contributed by atoms with Gasteiger partial charge in [-0.3, -0.25) is 19.9 Å². The fourth-order valence-electron chi connectivity index (χ4n) is 4.31. The summed E-state index contributed by atoms with van der Waals surface area (Å²) in [5.41, 5.74) is 15.1. The molecule has 3 aromatic rings. The number of carbonyl (C=O) groups excluding carboxylic acids is 1. The lowest BCUT2D eigenvalue weighted by atomic mass is 9.75. The highest BCUT2D eigenvalue weighted by molar-refractivity contribution is 6.12. The van der Waals surface area contributed by atoms with Crippen molar-refractivity contribution in [3.8, 4) is 11.1 Å². The van der Waals surface area contributed by atoms with Gasteiger partial charge in [0.25, 0.3) is 0 Å². The smallest absolute Gasteiger partial charge is 0.207 e. The van der Waals surface area contributed by atoms with Crippen LogP contribution in [0.2, 0.25) is 0 Å². The number of carbonyl (C=O) groups is 1. The van der Waals surface area contributed by atoms with Crippen LogP contribution >= 0.6 is 0 Å². The van der Waals surface area contributed by atoms with Gasteiger partial charge in [0.15, 0.2) is 0 Å². The van der Waals surface area contributed by atoms with Gasteiger partial charge in [-0.15, -0.1) is 0 Å². The van der Waals surface area contributed by atoms with Gasteiger partial charge in [0, 0.05) is 61.2 Å². The maximum atomic E-state index is 9.85. The van der Waals surface area contributed by atoms with Crippen LogP contribution in [0.15, 0.2) is 60.2 Å². The van der Waals surface area contributed by atoms with E-state index in [9.17, 15) is 4.79 Å². The van der Waals surface area contributed by atoms with E-state index in [1.165, 1.54) is 0 Å². The van der Waals surface area contributed by atoms with E-state index >= 15 is 0 Å². The molecule has 4 rings (SSSR count). The molecule has 0 saturated heterocycles. The number of anilines is 1. The molecular weight excluding hydrogens is 450 g/mol. The summed E-state index contributed by atoms with van der Waals surface area (Å²) in [7, 11) is 3.85. The molecule has 8 nitrogen and oxygen atoms in total. The molecule has 1 aliphatic rings. The number of nitrogens with zero attached hydrogens (tertiary/aromatic N) is 3. The van der Waals surface area contributed by atoms with E-state index in [1.807, 2.05) is 43.2 Å². The van der Waals surface area contributed by atoms with Crippen LogP contribution in [-0.4, -0.2) is 33.9 Å². The SMILES string of the molecule is CNc1cc(C(=N)C2=C(N)CC(C)(C)CC2)cc(-c2cnn(C)c2C)c1.O=CNCc1cccnc1. The van der Waals surface area contributed by atoms with E-state index in [-0.39, 0.29) is 5.41 Å². The number of nitrogens with two attached hydrogens (primary N) is 1. The van der Waals surface area contributed by atoms with Gasteiger partial charge < -0.3 is 16.4 Å². The summed E-state index contributed by atoms with van der Waals surface area (Å²) in [4.78, 5) is 13.7. The second-order valence-corrected chi connectivity index (χ2v) is 9.90. The summed E-state index contributed by atoms with van der Waals surface area (Å²) >= 11 is 0. The molecule has 8 heteroatoms. The lowest BCUT2D eigenvalue weighted by Gasteiger charge is -2.32. The summed E-state index contributed by atoms with van der Waals surface area (Å²) < 4.78 is 1.87. The van der Waals surface area contributed by atoms with Crippen LogP contribution in [0.4, 0.5) is 5.69 Å². The Morgan fingerprint density at radius 1 is 1.28 bits per heavy atom. The second-order valence-electron chi connectivity index (χ2n) is 9.90. The lowest BCUT2D eigenvalue weighted by Crippen LogP contribution is -2.25. The predicted octanol–water partition coefficient (Wildman–Crippen LogP) is 4.56. The van der Waals surface area contributed by atoms with Gasteiger partial charge in [-0.2, -0.15) is 5.10 Å². The highest BCUT2D eigenvalue weighted by Crippen LogP contribution is 2.38. The third kappa shape index (κ3) is 6.59. The number of hydrogen-bond acceptors (Lipinski definition) is 6. The van der Waals surface area contributed by atoms with Crippen LogP contribution in [0.25, 0.3) is 11.1 Å². The second kappa shape index (κ2) is 11.7. The first-order valence-corrected chi connectivity index (χ1v) is 12.1. The van der Waals surface area contributed by atoms with Crippen molar-refractivity contribution < 1.29 is 4.79 Å². The largest absolute Gasteiger partial charge is 0.402 e. The fourth-order valence-corrected chi connectivity index (χ4v) is 4.31. The maximum absolute atomic E-state index is 9.85. The van der Waals surface area contributed by atoms with Crippen LogP contribution in [0.5, 0.6) is 0 Å². The monoisotopic (exact) mass is 487 g/mol. The van der Waals surface area contributed by atoms with Crippen molar-refractivity contribution in [1.29, 1.82) is 5.41 Å². The molecule has 0 fully saturated rings. The van der Waals surface area contributed by atoms with Gasteiger partial charge in [0.1, 0.15) is 0 Å². The molecule has 0 saturated carbocycles. The molecule has 0 bridgehead atoms. The third-order valence-electron chi connectivity index (χ3n) is 6.58. The van der Waals surface area contributed by atoms with Gasteiger partial charge in [-0.05, 0) is 72.6 Å². The Hall–Kier alpha value is -3.94. The molecule has 36 heavy (non-hydrogen) atoms. The molecule has 2 heterocycles. The Balaban J connectivity index is 0.000000303. The third-order valence-corrected chi connectivity index (χ3v) is 6.58. The van der Waals surface area contributed by atoms with Gasteiger partial charge in [0.05, 0.1) is 11.9 Å². The number of amides is 1. The Morgan fingerprint density at radius 2 is 2.06 bits per heavy atom. The van der Waals surface area contributed by atoms with E-state index in [0.29, 0.717) is 18.7 Å². The number of rotatable bonds is 7. The van der Waals surface area contributed by atoms with Crippen LogP contribution < -0.4 is 16.4 Å². The fraction of sp³-hybridized carbons (Fsp3) is 0.357. The van der Waals surface area contributed by atoms with Gasteiger partial charge in [-0.25, -0.2) is 0 Å². The molecule has 0 spiro atoms. The van der Waals surface area contributed by atoms with E-state index in [2.05, 4.69) is 53.6 Å². The van der Waals surface area contributed by atoms with E-state index in [4.69, 9.17) is 11.1 Å². The minimum absolute atomic E-state index is 0.221. The number of aryl methyl sites for hydroxylation is 1. The van der Waals surface area contributed by atoms with Crippen LogP contribution in [0.3, 0.4) is 0 Å². The Kier molecular flexibility index (Phi) is 8.64. The van der Waals surface area contributed by atoms with Crippen molar-refractivity contribution in [3.05, 3.63) is 77.0 Å². The van der Waals surface area contributed by atoms with Crippen molar-refractivity contribution in [2.24, 2.45) is 18.2 Å². The summed E-state index contributed by atoms with van der Waals surface area (Å²) in [6, 6.07) is 9.94. The Morgan fingerprint density at radius 3 is 2.64 bits per heavy atom. The average molecular weight is 488 g/mol. The molecule has 190 valence electrons. The maximum Gasteiger partial charge on any atom is 0.207 e. The first-order chi connectivity index (χ1) is 17.1. The quantitative estimate of drug-likeness (QED) is 0.288. The van der Waals surface area contributed by atoms with Crippen molar-refractivity contribution in [2.75, 3.05) is 12.4 Å². The molecule has 1 aliphatic carbocycles. The van der Waals surface area contributed by atoms with Crippen LogP contribution in [0.1, 0.15) is 49.9 Å². The zero-order valence-electron chi connectivity index (χ0n) is 21.9. The average Bonchev–Trinajstić information content (AvgIpc) is 3.20. The topological polar surface area (TPSA) is 122 Å². The van der Waals surface area contributed by atoms with Crippen molar-refractivity contribution in [3.63, 3.8) is 0 Å². The van der Waals surface area contributed by atoms with Crippen molar-refractivity contribution in [2.45, 2.75) is 46.6 Å². The summed E-state index contributed by atoms with van der Waals surface area (Å²) in [6.07, 6.45) is 8.75. The zero-order chi connectivity index (χ0) is 26.3. The molecular formula is C28H37N7O. The molecule has 0 aliphatic heterocycles. The summed E-state index contributed by atoms with van der Waals surface area (Å²) in [6.45, 7) is 7.09. The first kappa shape index (κ1) is 26.7. The minimum atomic E-state index is 0.221. The van der Waals surface area contributed by atoms with Crippen LogP contribution in [0, 0.1) is 17.7 Å². The van der Waals surface area contributed by atoms with E-state index < -0.39 is 0 Å². The highest BCUT2D eigenvalue weighted by Gasteiger charge is 2.28. The predicted molar refractivity (Wildman–Crippen MR) is 146 cm³/mol. The van der Waals surface area contributed by atoms with Gasteiger partial charge >= 0.3 is 0 Å². The van der Waals surface area contributed by atoms with Crippen molar-refractivity contribution in [1.82, 2.24) is 20.1 Å². The standard InChI is InChI=1S/C21H29N5.C7H8N2O/c1-13-18(12-25-26(13)5)14-8-15(10-16(9-14)24-4)20(23)17-6-7-21(2,3)11-19(17)22;10-6-9-5-7-2-1-3-8-4-7/h8-10,12,23-24H,6-7,11,22H2,1-5H3;1-4,6H,5H2,(H,9,10). The van der Waals surface area contributed by atoms with E-state index in [0.717, 1.165) is 64.2 Å². The summed E-state index contributed by atoms with van der Waals surface area (Å²) in [5.74, 6) is 0. The molecule has 5 N–H and O–H groups in total. The number of allylic oxidation sites excluding steroid dienone is 2. The normalized spacial score (nSPS) is 14.5. The Bertz CT molecular complexity index is 1240. The summed E-state index contributed by atoms with van der Waals surface area (Å²) in [5, 5.41) is 18.9. The molecule has 1 amide bonds. The number of hydrogen-bond donors (Lipinski definition) is 4. The molecule has 2 aromatic heterocycles.